The van der Waals surface area contributed by atoms with E-state index in [0.717, 1.165) is 37.4 Å². The van der Waals surface area contributed by atoms with E-state index >= 15 is 0 Å². The Balaban J connectivity index is 1.60. The zero-order valence-corrected chi connectivity index (χ0v) is 17.2. The maximum atomic E-state index is 12.2. The third-order valence-electron chi connectivity index (χ3n) is 6.13. The molecule has 2 atom stereocenters. The lowest BCUT2D eigenvalue weighted by molar-refractivity contribution is 0.267. The number of aryl methyl sites for hydroxylation is 2. The Labute approximate surface area is 166 Å². The molecule has 2 saturated heterocycles. The first-order valence-electron chi connectivity index (χ1n) is 9.60. The minimum absolute atomic E-state index is 0.0768. The second-order valence-electron chi connectivity index (χ2n) is 8.21. The number of nitrogens with zero attached hydrogens (tertiary/aromatic N) is 4. The molecule has 0 bridgehead atoms. The van der Waals surface area contributed by atoms with E-state index in [1.165, 1.54) is 11.8 Å². The van der Waals surface area contributed by atoms with Crippen molar-refractivity contribution in [1.29, 1.82) is 0 Å². The second-order valence-corrected chi connectivity index (χ2v) is 10.2. The minimum atomic E-state index is -3.19. The van der Waals surface area contributed by atoms with Gasteiger partial charge in [0.25, 0.3) is 0 Å². The van der Waals surface area contributed by atoms with Crippen LogP contribution in [-0.2, 0) is 16.4 Å². The van der Waals surface area contributed by atoms with E-state index in [2.05, 4.69) is 39.1 Å². The van der Waals surface area contributed by atoms with Gasteiger partial charge in [-0.25, -0.2) is 17.7 Å². The van der Waals surface area contributed by atoms with E-state index in [4.69, 9.17) is 5.73 Å². The molecule has 2 N–H and O–H groups in total. The van der Waals surface area contributed by atoms with Crippen molar-refractivity contribution in [2.75, 3.05) is 43.1 Å². The summed E-state index contributed by atoms with van der Waals surface area (Å²) in [6.45, 7) is 4.63. The van der Waals surface area contributed by atoms with Crippen molar-refractivity contribution in [3.63, 3.8) is 0 Å². The van der Waals surface area contributed by atoms with Gasteiger partial charge in [0.05, 0.1) is 6.26 Å². The zero-order chi connectivity index (χ0) is 19.9. The first-order valence-corrected chi connectivity index (χ1v) is 11.5. The summed E-state index contributed by atoms with van der Waals surface area (Å²) in [7, 11) is -3.19. The lowest BCUT2D eigenvalue weighted by atomic mass is 9.76. The highest BCUT2D eigenvalue weighted by molar-refractivity contribution is 7.88. The summed E-state index contributed by atoms with van der Waals surface area (Å²) in [6, 6.07) is 12.3. The molecule has 2 aliphatic heterocycles. The number of benzene rings is 1. The number of nitrogens with two attached hydrogens (primary N) is 1. The van der Waals surface area contributed by atoms with E-state index < -0.39 is 10.0 Å². The van der Waals surface area contributed by atoms with Crippen LogP contribution in [0.3, 0.4) is 0 Å². The Bertz CT molecular complexity index is 946. The standard InChI is InChI=1S/C20H27N5O2S/c1-15-10-18(23-19(21)22-15)24-11-17-12-25(28(2,26)27)14-20(17,13-24)9-8-16-6-4-3-5-7-16/h3-7,10,17H,8-9,11-14H2,1-2H3,(H2,21,22,23)/t17-,20+/m0/s1. The fourth-order valence-corrected chi connectivity index (χ4v) is 5.63. The van der Waals surface area contributed by atoms with Crippen LogP contribution < -0.4 is 10.6 Å². The molecule has 1 aromatic heterocycles. The Morgan fingerprint density at radius 2 is 1.93 bits per heavy atom. The molecular formula is C20H27N5O2S. The van der Waals surface area contributed by atoms with Crippen LogP contribution in [0.4, 0.5) is 11.8 Å². The minimum Gasteiger partial charge on any atom is -0.368 e. The molecule has 0 spiro atoms. The summed E-state index contributed by atoms with van der Waals surface area (Å²) in [5.74, 6) is 1.40. The predicted molar refractivity (Wildman–Crippen MR) is 110 cm³/mol. The van der Waals surface area contributed by atoms with E-state index in [9.17, 15) is 8.42 Å². The van der Waals surface area contributed by atoms with Crippen molar-refractivity contribution in [3.8, 4) is 0 Å². The van der Waals surface area contributed by atoms with Crippen molar-refractivity contribution < 1.29 is 8.42 Å². The summed E-state index contributed by atoms with van der Waals surface area (Å²) in [6.07, 6.45) is 3.20. The summed E-state index contributed by atoms with van der Waals surface area (Å²) in [5.41, 5.74) is 7.91. The first kappa shape index (κ1) is 19.1. The molecule has 4 rings (SSSR count). The molecule has 2 aliphatic rings. The van der Waals surface area contributed by atoms with Crippen LogP contribution in [-0.4, -0.2) is 55.1 Å². The molecule has 7 nitrogen and oxygen atoms in total. The van der Waals surface area contributed by atoms with Gasteiger partial charge < -0.3 is 10.6 Å². The van der Waals surface area contributed by atoms with Gasteiger partial charge in [0.15, 0.2) is 0 Å². The van der Waals surface area contributed by atoms with E-state index in [-0.39, 0.29) is 17.3 Å². The summed E-state index contributed by atoms with van der Waals surface area (Å²) < 4.78 is 26.0. The molecular weight excluding hydrogens is 374 g/mol. The van der Waals surface area contributed by atoms with Gasteiger partial charge in [0.2, 0.25) is 16.0 Å². The fraction of sp³-hybridized carbons (Fsp3) is 0.500. The Morgan fingerprint density at radius 3 is 2.61 bits per heavy atom. The maximum Gasteiger partial charge on any atom is 0.222 e. The molecule has 150 valence electrons. The number of anilines is 2. The largest absolute Gasteiger partial charge is 0.368 e. The van der Waals surface area contributed by atoms with Gasteiger partial charge in [-0.3, -0.25) is 0 Å². The highest BCUT2D eigenvalue weighted by Crippen LogP contribution is 2.47. The van der Waals surface area contributed by atoms with Gasteiger partial charge in [-0.1, -0.05) is 30.3 Å². The number of fused-ring (bicyclic) bond motifs is 1. The first-order chi connectivity index (χ1) is 13.2. The van der Waals surface area contributed by atoms with Crippen molar-refractivity contribution in [2.45, 2.75) is 19.8 Å². The quantitative estimate of drug-likeness (QED) is 0.820. The summed E-state index contributed by atoms with van der Waals surface area (Å²) >= 11 is 0. The predicted octanol–water partition coefficient (Wildman–Crippen LogP) is 1.70. The van der Waals surface area contributed by atoms with Crippen molar-refractivity contribution in [3.05, 3.63) is 47.7 Å². The van der Waals surface area contributed by atoms with E-state index in [1.54, 1.807) is 4.31 Å². The van der Waals surface area contributed by atoms with Crippen molar-refractivity contribution >= 4 is 21.8 Å². The molecule has 0 saturated carbocycles. The molecule has 2 aromatic rings. The van der Waals surface area contributed by atoms with Crippen LogP contribution in [0, 0.1) is 18.3 Å². The average Bonchev–Trinajstić information content (AvgIpc) is 3.14. The normalized spacial score (nSPS) is 25.2. The van der Waals surface area contributed by atoms with Gasteiger partial charge in [0, 0.05) is 43.4 Å². The van der Waals surface area contributed by atoms with E-state index in [0.29, 0.717) is 13.1 Å². The lowest BCUT2D eigenvalue weighted by Gasteiger charge is -2.29. The van der Waals surface area contributed by atoms with Crippen LogP contribution in [0.25, 0.3) is 0 Å². The average molecular weight is 402 g/mol. The molecule has 8 heteroatoms. The lowest BCUT2D eigenvalue weighted by Crippen LogP contribution is -2.37. The molecule has 28 heavy (non-hydrogen) atoms. The van der Waals surface area contributed by atoms with E-state index in [1.807, 2.05) is 19.1 Å². The molecule has 1 aromatic carbocycles. The smallest absolute Gasteiger partial charge is 0.222 e. The van der Waals surface area contributed by atoms with Gasteiger partial charge in [0.1, 0.15) is 5.82 Å². The fourth-order valence-electron chi connectivity index (χ4n) is 4.69. The summed E-state index contributed by atoms with van der Waals surface area (Å²) in [5, 5.41) is 0. The third-order valence-corrected chi connectivity index (χ3v) is 7.35. The number of aromatic nitrogens is 2. The van der Waals surface area contributed by atoms with Crippen LogP contribution in [0.15, 0.2) is 36.4 Å². The van der Waals surface area contributed by atoms with Crippen molar-refractivity contribution in [1.82, 2.24) is 14.3 Å². The molecule has 0 amide bonds. The number of nitrogen functional groups attached to an aromatic ring is 1. The van der Waals surface area contributed by atoms with Crippen molar-refractivity contribution in [2.24, 2.45) is 11.3 Å². The molecule has 2 fully saturated rings. The van der Waals surface area contributed by atoms with Gasteiger partial charge >= 0.3 is 0 Å². The third kappa shape index (κ3) is 3.71. The molecule has 3 heterocycles. The Kier molecular flexibility index (Phi) is 4.79. The maximum absolute atomic E-state index is 12.2. The number of sulfonamides is 1. The van der Waals surface area contributed by atoms with Gasteiger partial charge in [-0.15, -0.1) is 0 Å². The van der Waals surface area contributed by atoms with Crippen LogP contribution in [0.1, 0.15) is 17.7 Å². The highest BCUT2D eigenvalue weighted by atomic mass is 32.2. The Morgan fingerprint density at radius 1 is 1.18 bits per heavy atom. The monoisotopic (exact) mass is 401 g/mol. The number of hydrogen-bond donors (Lipinski definition) is 1. The SMILES string of the molecule is Cc1cc(N2C[C@H]3CN(S(C)(=O)=O)C[C@@]3(CCc3ccccc3)C2)nc(N)n1. The Hall–Kier alpha value is -2.19. The topological polar surface area (TPSA) is 92.4 Å². The van der Waals surface area contributed by atoms with Crippen LogP contribution in [0.2, 0.25) is 0 Å². The second kappa shape index (κ2) is 7.00. The molecule has 0 aliphatic carbocycles. The number of hydrogen-bond acceptors (Lipinski definition) is 6. The van der Waals surface area contributed by atoms with Gasteiger partial charge in [-0.05, 0) is 31.2 Å². The van der Waals surface area contributed by atoms with Gasteiger partial charge in [-0.2, -0.15) is 4.98 Å². The molecule has 0 radical (unpaired) electrons. The highest BCUT2D eigenvalue weighted by Gasteiger charge is 2.54. The van der Waals surface area contributed by atoms with Crippen LogP contribution in [0.5, 0.6) is 0 Å². The molecule has 0 unspecified atom stereocenters. The number of rotatable bonds is 5. The summed E-state index contributed by atoms with van der Waals surface area (Å²) in [4.78, 5) is 10.8. The van der Waals surface area contributed by atoms with Crippen LogP contribution >= 0.6 is 0 Å². The zero-order valence-electron chi connectivity index (χ0n) is 16.4.